The van der Waals surface area contributed by atoms with Crippen molar-refractivity contribution in [3.8, 4) is 0 Å². The van der Waals surface area contributed by atoms with Crippen LogP contribution in [0.2, 0.25) is 0 Å². The van der Waals surface area contributed by atoms with Crippen molar-refractivity contribution >= 4 is 5.91 Å². The average Bonchev–Trinajstić information content (AvgIpc) is 3.04. The van der Waals surface area contributed by atoms with Gasteiger partial charge in [-0.25, -0.2) is 0 Å². The number of pyridine rings is 1. The van der Waals surface area contributed by atoms with Crippen LogP contribution in [0.15, 0.2) is 36.5 Å². The highest BCUT2D eigenvalue weighted by Gasteiger charge is 2.21. The molecule has 1 aliphatic heterocycles. The zero-order chi connectivity index (χ0) is 16.2. The van der Waals surface area contributed by atoms with Gasteiger partial charge >= 0.3 is 0 Å². The molecule has 3 rings (SSSR count). The van der Waals surface area contributed by atoms with E-state index in [1.165, 1.54) is 0 Å². The summed E-state index contributed by atoms with van der Waals surface area (Å²) >= 11 is 0. The number of hydrogen-bond donors (Lipinski definition) is 3. The average molecular weight is 311 g/mol. The number of benzene rings is 1. The number of aliphatic hydroxyl groups excluding tert-OH is 1. The summed E-state index contributed by atoms with van der Waals surface area (Å²) in [5.41, 5.74) is 4.82. The van der Waals surface area contributed by atoms with Gasteiger partial charge in [0.25, 0.3) is 5.91 Å². The van der Waals surface area contributed by atoms with Gasteiger partial charge in [0.15, 0.2) is 0 Å². The number of carbonyl (C=O) groups is 1. The highest BCUT2D eigenvalue weighted by Crippen LogP contribution is 2.18. The van der Waals surface area contributed by atoms with Crippen LogP contribution in [0, 0.1) is 6.92 Å². The van der Waals surface area contributed by atoms with Gasteiger partial charge in [0, 0.05) is 30.4 Å². The number of aryl methyl sites for hydroxylation is 1. The molecule has 1 atom stereocenters. The van der Waals surface area contributed by atoms with E-state index in [1.807, 2.05) is 31.2 Å². The van der Waals surface area contributed by atoms with Gasteiger partial charge in [0.2, 0.25) is 0 Å². The van der Waals surface area contributed by atoms with E-state index in [4.69, 9.17) is 0 Å². The predicted octanol–water partition coefficient (Wildman–Crippen LogP) is 1.33. The molecule has 5 nitrogen and oxygen atoms in total. The highest BCUT2D eigenvalue weighted by atomic mass is 16.3. The first kappa shape index (κ1) is 15.6. The third-order valence-corrected chi connectivity index (χ3v) is 4.27. The highest BCUT2D eigenvalue weighted by molar-refractivity contribution is 5.96. The van der Waals surface area contributed by atoms with E-state index in [-0.39, 0.29) is 18.6 Å². The molecule has 0 radical (unpaired) electrons. The number of fused-ring (bicyclic) bond motifs is 1. The van der Waals surface area contributed by atoms with Crippen molar-refractivity contribution in [2.24, 2.45) is 0 Å². The smallest absolute Gasteiger partial charge is 0.252 e. The summed E-state index contributed by atoms with van der Waals surface area (Å²) in [5, 5.41) is 15.8. The van der Waals surface area contributed by atoms with Crippen LogP contribution in [0.3, 0.4) is 0 Å². The van der Waals surface area contributed by atoms with Gasteiger partial charge in [-0.15, -0.1) is 0 Å². The van der Waals surface area contributed by atoms with Crippen molar-refractivity contribution in [1.82, 2.24) is 15.6 Å². The fraction of sp³-hybridized carbons (Fsp3) is 0.333. The largest absolute Gasteiger partial charge is 0.394 e. The minimum absolute atomic E-state index is 0.0917. The molecule has 1 aromatic carbocycles. The van der Waals surface area contributed by atoms with Gasteiger partial charge in [-0.2, -0.15) is 0 Å². The normalized spacial score (nSPS) is 14.3. The summed E-state index contributed by atoms with van der Waals surface area (Å²) in [5.74, 6) is -0.153. The lowest BCUT2D eigenvalue weighted by Crippen LogP contribution is -2.39. The maximum absolute atomic E-state index is 12.6. The van der Waals surface area contributed by atoms with Crippen molar-refractivity contribution in [3.63, 3.8) is 0 Å². The number of aliphatic hydroxyl groups is 1. The number of nitrogens with zero attached hydrogens (tertiary/aromatic N) is 1. The molecule has 1 amide bonds. The molecule has 2 heterocycles. The van der Waals surface area contributed by atoms with Crippen LogP contribution in [-0.4, -0.2) is 28.6 Å². The van der Waals surface area contributed by atoms with Crippen molar-refractivity contribution in [2.75, 3.05) is 6.61 Å². The Balaban J connectivity index is 1.73. The molecule has 0 saturated heterocycles. The zero-order valence-corrected chi connectivity index (χ0v) is 13.2. The van der Waals surface area contributed by atoms with Crippen molar-refractivity contribution < 1.29 is 9.90 Å². The number of rotatable bonds is 5. The summed E-state index contributed by atoms with van der Waals surface area (Å²) in [6, 6.07) is 9.45. The number of carbonyl (C=O) groups excluding carboxylic acids is 1. The lowest BCUT2D eigenvalue weighted by Gasteiger charge is -2.18. The second-order valence-corrected chi connectivity index (χ2v) is 5.87. The van der Waals surface area contributed by atoms with E-state index in [1.54, 1.807) is 12.3 Å². The van der Waals surface area contributed by atoms with Crippen LogP contribution in [0.5, 0.6) is 0 Å². The summed E-state index contributed by atoms with van der Waals surface area (Å²) in [6.07, 6.45) is 2.27. The van der Waals surface area contributed by atoms with Crippen LogP contribution < -0.4 is 10.6 Å². The number of aromatic nitrogens is 1. The number of hydrogen-bond acceptors (Lipinski definition) is 4. The van der Waals surface area contributed by atoms with Gasteiger partial charge in [-0.1, -0.05) is 24.3 Å². The Morgan fingerprint density at radius 2 is 2.17 bits per heavy atom. The van der Waals surface area contributed by atoms with Crippen molar-refractivity contribution in [2.45, 2.75) is 32.5 Å². The Labute approximate surface area is 135 Å². The zero-order valence-electron chi connectivity index (χ0n) is 13.2. The molecule has 0 spiro atoms. The van der Waals surface area contributed by atoms with E-state index in [0.717, 1.165) is 22.4 Å². The van der Waals surface area contributed by atoms with Gasteiger partial charge in [-0.05, 0) is 30.5 Å². The Hall–Kier alpha value is -2.24. The molecule has 0 aliphatic carbocycles. The molecule has 0 bridgehead atoms. The maximum Gasteiger partial charge on any atom is 0.252 e. The fourth-order valence-corrected chi connectivity index (χ4v) is 2.93. The molecule has 23 heavy (non-hydrogen) atoms. The van der Waals surface area contributed by atoms with E-state index < -0.39 is 0 Å². The second-order valence-electron chi connectivity index (χ2n) is 5.87. The molecule has 5 heteroatoms. The maximum atomic E-state index is 12.6. The van der Waals surface area contributed by atoms with Gasteiger partial charge in [-0.3, -0.25) is 9.78 Å². The Morgan fingerprint density at radius 3 is 2.96 bits per heavy atom. The molecule has 3 N–H and O–H groups in total. The summed E-state index contributed by atoms with van der Waals surface area (Å²) in [7, 11) is 0. The number of amides is 1. The van der Waals surface area contributed by atoms with Crippen LogP contribution in [-0.2, 0) is 19.5 Å². The molecule has 0 saturated carbocycles. The van der Waals surface area contributed by atoms with Gasteiger partial charge < -0.3 is 15.7 Å². The summed E-state index contributed by atoms with van der Waals surface area (Å²) in [4.78, 5) is 16.9. The second kappa shape index (κ2) is 6.89. The first-order chi connectivity index (χ1) is 11.2. The van der Waals surface area contributed by atoms with Crippen LogP contribution in [0.25, 0.3) is 0 Å². The standard InChI is InChI=1S/C18H21N3O2/c1-12-4-2-3-5-13(12)8-14(11-22)21-18(23)15-6-7-20-17-10-19-9-16(15)17/h2-7,14,19,22H,8-11H2,1H3,(H,21,23). The minimum atomic E-state index is -0.304. The van der Waals surface area contributed by atoms with Crippen LogP contribution in [0.1, 0.15) is 32.7 Å². The number of nitrogens with one attached hydrogen (secondary N) is 2. The molecule has 1 unspecified atom stereocenters. The van der Waals surface area contributed by atoms with E-state index >= 15 is 0 Å². The Kier molecular flexibility index (Phi) is 4.69. The monoisotopic (exact) mass is 311 g/mol. The lowest BCUT2D eigenvalue weighted by atomic mass is 10.0. The van der Waals surface area contributed by atoms with E-state index in [0.29, 0.717) is 25.1 Å². The molecular formula is C18H21N3O2. The van der Waals surface area contributed by atoms with E-state index in [2.05, 4.69) is 15.6 Å². The Morgan fingerprint density at radius 1 is 1.35 bits per heavy atom. The van der Waals surface area contributed by atoms with Crippen molar-refractivity contribution in [3.05, 3.63) is 64.5 Å². The van der Waals surface area contributed by atoms with E-state index in [9.17, 15) is 9.90 Å². The first-order valence-electron chi connectivity index (χ1n) is 7.82. The molecule has 0 fully saturated rings. The van der Waals surface area contributed by atoms with Gasteiger partial charge in [0.1, 0.15) is 0 Å². The topological polar surface area (TPSA) is 74.2 Å². The first-order valence-corrected chi connectivity index (χ1v) is 7.82. The molecule has 2 aromatic rings. The summed E-state index contributed by atoms with van der Waals surface area (Å²) in [6.45, 7) is 3.30. The summed E-state index contributed by atoms with van der Waals surface area (Å²) < 4.78 is 0. The third-order valence-electron chi connectivity index (χ3n) is 4.27. The molecule has 1 aromatic heterocycles. The predicted molar refractivity (Wildman–Crippen MR) is 88.0 cm³/mol. The quantitative estimate of drug-likeness (QED) is 0.779. The fourth-order valence-electron chi connectivity index (χ4n) is 2.93. The molecule has 1 aliphatic rings. The Bertz CT molecular complexity index is 715. The molecule has 120 valence electrons. The lowest BCUT2D eigenvalue weighted by molar-refractivity contribution is 0.0915. The van der Waals surface area contributed by atoms with Crippen LogP contribution >= 0.6 is 0 Å². The van der Waals surface area contributed by atoms with Crippen molar-refractivity contribution in [1.29, 1.82) is 0 Å². The SMILES string of the molecule is Cc1ccccc1CC(CO)NC(=O)c1ccnc2c1CNC2. The third kappa shape index (κ3) is 3.41. The molecular weight excluding hydrogens is 290 g/mol. The van der Waals surface area contributed by atoms with Crippen LogP contribution in [0.4, 0.5) is 0 Å². The minimum Gasteiger partial charge on any atom is -0.394 e. The van der Waals surface area contributed by atoms with Gasteiger partial charge in [0.05, 0.1) is 18.3 Å².